The van der Waals surface area contributed by atoms with Gasteiger partial charge in [0, 0.05) is 46.0 Å². The molecule has 0 spiro atoms. The Labute approximate surface area is 217 Å². The number of alkyl halides is 6. The van der Waals surface area contributed by atoms with Crippen LogP contribution in [0, 0.1) is 0 Å². The smallest absolute Gasteiger partial charge is 0.381 e. The van der Waals surface area contributed by atoms with Crippen LogP contribution >= 0.6 is 0 Å². The lowest BCUT2D eigenvalue weighted by atomic mass is 10.2. The van der Waals surface area contributed by atoms with Crippen molar-refractivity contribution in [3.8, 4) is 0 Å². The number of ether oxygens (including phenoxy) is 1. The Hall–Kier alpha value is -3.89. The molecule has 2 amide bonds. The number of anilines is 3. The van der Waals surface area contributed by atoms with E-state index < -0.39 is 34.7 Å². The van der Waals surface area contributed by atoms with Crippen molar-refractivity contribution in [3.05, 3.63) is 39.9 Å². The van der Waals surface area contributed by atoms with Crippen LogP contribution in [0.25, 0.3) is 0 Å². The molecule has 214 valence electrons. The second-order valence-corrected chi connectivity index (χ2v) is 8.42. The molecule has 2 N–H and O–H groups in total. The minimum absolute atomic E-state index is 0.00196. The molecule has 0 aliphatic carbocycles. The van der Waals surface area contributed by atoms with E-state index in [2.05, 4.69) is 15.4 Å². The number of H-pyrrole nitrogens is 1. The molecule has 0 atom stereocenters. The van der Waals surface area contributed by atoms with E-state index >= 15 is 0 Å². The third-order valence-corrected chi connectivity index (χ3v) is 5.81. The van der Waals surface area contributed by atoms with Crippen LogP contribution in [0.4, 0.5) is 43.5 Å². The fourth-order valence-corrected chi connectivity index (χ4v) is 3.82. The Bertz CT molecular complexity index is 1210. The standard InChI is InChI=1S/C22H25F6N7O4/c1-33(13-36)16-10-14(21(23,24)25)11-30-19(16)35-6-4-34(5-7-35)17(37)2-8-39-9-3-29-15-12-31-32-20(38)18(15)22(26,27)28/h10-13H,2-9H2,1H3,(H2,29,32,38). The molecule has 2 aromatic heterocycles. The van der Waals surface area contributed by atoms with Gasteiger partial charge in [-0.3, -0.25) is 14.4 Å². The molecule has 11 nitrogen and oxygen atoms in total. The molecule has 39 heavy (non-hydrogen) atoms. The zero-order valence-electron chi connectivity index (χ0n) is 20.6. The average Bonchev–Trinajstić information content (AvgIpc) is 2.88. The number of nitrogens with zero attached hydrogens (tertiary/aromatic N) is 5. The summed E-state index contributed by atoms with van der Waals surface area (Å²) in [5.74, 6) is -0.0591. The Morgan fingerprint density at radius 2 is 1.82 bits per heavy atom. The van der Waals surface area contributed by atoms with Gasteiger partial charge in [0.05, 0.1) is 42.8 Å². The van der Waals surface area contributed by atoms with Gasteiger partial charge in [0.1, 0.15) is 5.56 Å². The Kier molecular flexibility index (Phi) is 9.36. The highest BCUT2D eigenvalue weighted by molar-refractivity contribution is 5.82. The van der Waals surface area contributed by atoms with E-state index in [1.807, 2.05) is 0 Å². The summed E-state index contributed by atoms with van der Waals surface area (Å²) < 4.78 is 83.7. The number of hydrogen-bond donors (Lipinski definition) is 2. The summed E-state index contributed by atoms with van der Waals surface area (Å²) in [6.07, 6.45) is -7.59. The number of piperazine rings is 1. The van der Waals surface area contributed by atoms with Gasteiger partial charge in [-0.25, -0.2) is 10.1 Å². The van der Waals surface area contributed by atoms with Crippen molar-refractivity contribution in [2.24, 2.45) is 0 Å². The van der Waals surface area contributed by atoms with E-state index in [0.717, 1.165) is 17.2 Å². The summed E-state index contributed by atoms with van der Waals surface area (Å²) in [4.78, 5) is 43.3. The normalized spacial score (nSPS) is 14.3. The number of carbonyl (C=O) groups is 2. The Morgan fingerprint density at radius 1 is 1.13 bits per heavy atom. The largest absolute Gasteiger partial charge is 0.423 e. The lowest BCUT2D eigenvalue weighted by molar-refractivity contribution is -0.138. The van der Waals surface area contributed by atoms with Crippen molar-refractivity contribution in [2.45, 2.75) is 18.8 Å². The van der Waals surface area contributed by atoms with Crippen LogP contribution in [0.5, 0.6) is 0 Å². The summed E-state index contributed by atoms with van der Waals surface area (Å²) >= 11 is 0. The van der Waals surface area contributed by atoms with Crippen molar-refractivity contribution in [1.29, 1.82) is 0 Å². The van der Waals surface area contributed by atoms with E-state index in [4.69, 9.17) is 4.74 Å². The summed E-state index contributed by atoms with van der Waals surface area (Å²) in [6, 6.07) is 0.844. The molecule has 1 saturated heterocycles. The number of hydrogen-bond acceptors (Lipinski definition) is 8. The lowest BCUT2D eigenvalue weighted by Crippen LogP contribution is -2.49. The lowest BCUT2D eigenvalue weighted by Gasteiger charge is -2.36. The summed E-state index contributed by atoms with van der Waals surface area (Å²) in [6.45, 7) is 0.915. The van der Waals surface area contributed by atoms with Crippen molar-refractivity contribution in [3.63, 3.8) is 0 Å². The van der Waals surface area contributed by atoms with Crippen molar-refractivity contribution in [1.82, 2.24) is 20.1 Å². The molecule has 1 aliphatic rings. The first-order valence-electron chi connectivity index (χ1n) is 11.6. The highest BCUT2D eigenvalue weighted by atomic mass is 19.4. The van der Waals surface area contributed by atoms with Gasteiger partial charge in [-0.15, -0.1) is 0 Å². The van der Waals surface area contributed by atoms with E-state index in [0.29, 0.717) is 12.6 Å². The number of rotatable bonds is 10. The first kappa shape index (κ1) is 29.7. The average molecular weight is 565 g/mol. The SMILES string of the molecule is CN(C=O)c1cc(C(F)(F)F)cnc1N1CCN(C(=O)CCOCCNc2cn[nH]c(=O)c2C(F)(F)F)CC1. The first-order chi connectivity index (χ1) is 18.3. The fraction of sp³-hybridized carbons (Fsp3) is 0.500. The van der Waals surface area contributed by atoms with Crippen molar-refractivity contribution < 1.29 is 40.7 Å². The molecule has 0 unspecified atom stereocenters. The van der Waals surface area contributed by atoms with Crippen LogP contribution in [0.3, 0.4) is 0 Å². The molecule has 0 bridgehead atoms. The molecule has 3 rings (SSSR count). The van der Waals surface area contributed by atoms with Gasteiger partial charge in [-0.1, -0.05) is 0 Å². The van der Waals surface area contributed by atoms with Gasteiger partial charge in [-0.2, -0.15) is 31.4 Å². The molecule has 0 saturated carbocycles. The van der Waals surface area contributed by atoms with Gasteiger partial charge in [0.25, 0.3) is 5.56 Å². The molecule has 17 heteroatoms. The maximum Gasteiger partial charge on any atom is 0.423 e. The predicted octanol–water partition coefficient (Wildman–Crippen LogP) is 1.96. The number of nitrogens with one attached hydrogen (secondary N) is 2. The van der Waals surface area contributed by atoms with E-state index in [1.165, 1.54) is 7.05 Å². The quantitative estimate of drug-likeness (QED) is 0.255. The van der Waals surface area contributed by atoms with Crippen LogP contribution in [0.15, 0.2) is 23.3 Å². The number of aromatic amines is 1. The second kappa shape index (κ2) is 12.3. The molecular formula is C22H25F6N7O4. The number of aromatic nitrogens is 3. The van der Waals surface area contributed by atoms with Crippen LogP contribution < -0.4 is 20.7 Å². The minimum atomic E-state index is -4.87. The van der Waals surface area contributed by atoms with Gasteiger partial charge < -0.3 is 24.8 Å². The summed E-state index contributed by atoms with van der Waals surface area (Å²) in [7, 11) is 1.31. The van der Waals surface area contributed by atoms with Crippen molar-refractivity contribution >= 4 is 29.5 Å². The van der Waals surface area contributed by atoms with Crippen LogP contribution in [0.2, 0.25) is 0 Å². The molecular weight excluding hydrogens is 540 g/mol. The van der Waals surface area contributed by atoms with Crippen molar-refractivity contribution in [2.75, 3.05) is 68.1 Å². The third kappa shape index (κ3) is 7.58. The second-order valence-electron chi connectivity index (χ2n) is 8.42. The van der Waals surface area contributed by atoms with E-state index in [-0.39, 0.29) is 69.8 Å². The van der Waals surface area contributed by atoms with Gasteiger partial charge in [0.2, 0.25) is 12.3 Å². The zero-order chi connectivity index (χ0) is 28.8. The number of pyridine rings is 1. The van der Waals surface area contributed by atoms with E-state index in [1.54, 1.807) is 14.9 Å². The maximum atomic E-state index is 13.1. The predicted molar refractivity (Wildman–Crippen MR) is 126 cm³/mol. The first-order valence-corrected chi connectivity index (χ1v) is 11.6. The monoisotopic (exact) mass is 565 g/mol. The van der Waals surface area contributed by atoms with Crippen LogP contribution in [-0.4, -0.2) is 85.4 Å². The van der Waals surface area contributed by atoms with Gasteiger partial charge >= 0.3 is 12.4 Å². The Balaban J connectivity index is 1.46. The molecule has 2 aromatic rings. The fourth-order valence-electron chi connectivity index (χ4n) is 3.82. The molecule has 0 aromatic carbocycles. The molecule has 3 heterocycles. The number of amides is 2. The maximum absolute atomic E-state index is 13.1. The van der Waals surface area contributed by atoms with Crippen LogP contribution in [-0.2, 0) is 26.7 Å². The third-order valence-electron chi connectivity index (χ3n) is 5.81. The molecule has 0 radical (unpaired) electrons. The minimum Gasteiger partial charge on any atom is -0.381 e. The topological polar surface area (TPSA) is 124 Å². The van der Waals surface area contributed by atoms with E-state index in [9.17, 15) is 40.7 Å². The number of halogens is 6. The number of carbonyl (C=O) groups excluding carboxylic acids is 2. The highest BCUT2D eigenvalue weighted by Gasteiger charge is 2.37. The highest BCUT2D eigenvalue weighted by Crippen LogP contribution is 2.35. The Morgan fingerprint density at radius 3 is 2.44 bits per heavy atom. The van der Waals surface area contributed by atoms with Gasteiger partial charge in [-0.05, 0) is 6.07 Å². The zero-order valence-corrected chi connectivity index (χ0v) is 20.6. The summed E-state index contributed by atoms with van der Waals surface area (Å²) in [5, 5.41) is 7.51. The van der Waals surface area contributed by atoms with Crippen LogP contribution in [0.1, 0.15) is 17.5 Å². The summed E-state index contributed by atoms with van der Waals surface area (Å²) in [5.41, 5.74) is -4.27. The molecule has 1 aliphatic heterocycles. The van der Waals surface area contributed by atoms with Gasteiger partial charge in [0.15, 0.2) is 5.82 Å². The molecule has 1 fully saturated rings.